The first-order valence-corrected chi connectivity index (χ1v) is 9.32. The van der Waals surface area contributed by atoms with Crippen molar-refractivity contribution >= 4 is 28.2 Å². The number of primary amides is 1. The van der Waals surface area contributed by atoms with Crippen LogP contribution in [0.5, 0.6) is 0 Å². The first-order valence-electron chi connectivity index (χ1n) is 8.51. The summed E-state index contributed by atoms with van der Waals surface area (Å²) in [4.78, 5) is 27.1. The number of anilines is 1. The Balaban J connectivity index is 1.89. The van der Waals surface area contributed by atoms with Crippen molar-refractivity contribution in [3.63, 3.8) is 0 Å². The monoisotopic (exact) mass is 369 g/mol. The lowest BCUT2D eigenvalue weighted by Gasteiger charge is -2.27. The molecule has 1 aromatic heterocycles. The molecule has 0 aliphatic carbocycles. The molecule has 1 aliphatic heterocycles. The molecule has 26 heavy (non-hydrogen) atoms. The first-order chi connectivity index (χ1) is 12.4. The second kappa shape index (κ2) is 7.28. The lowest BCUT2D eigenvalue weighted by atomic mass is 10.0. The van der Waals surface area contributed by atoms with E-state index in [4.69, 9.17) is 11.0 Å². The molecule has 4 N–H and O–H groups in total. The molecular weight excluding hydrogens is 348 g/mol. The van der Waals surface area contributed by atoms with Gasteiger partial charge in [-0.05, 0) is 43.7 Å². The Bertz CT molecular complexity index is 893. The van der Waals surface area contributed by atoms with Gasteiger partial charge in [-0.3, -0.25) is 9.59 Å². The fourth-order valence-corrected chi connectivity index (χ4v) is 4.51. The Labute approximate surface area is 156 Å². The summed E-state index contributed by atoms with van der Waals surface area (Å²) in [6.07, 6.45) is 0.782. The number of thiophene rings is 1. The zero-order valence-corrected chi connectivity index (χ0v) is 15.6. The van der Waals surface area contributed by atoms with Crippen LogP contribution in [0.25, 0.3) is 0 Å². The summed E-state index contributed by atoms with van der Waals surface area (Å²) in [6.45, 7) is 6.14. The third-order valence-corrected chi connectivity index (χ3v) is 5.89. The largest absolute Gasteiger partial charge is 0.365 e. The zero-order valence-electron chi connectivity index (χ0n) is 14.8. The van der Waals surface area contributed by atoms with E-state index < -0.39 is 5.91 Å². The number of nitrogens with one attached hydrogen (secondary N) is 2. The molecule has 0 radical (unpaired) electrons. The molecule has 1 aliphatic rings. The van der Waals surface area contributed by atoms with E-state index in [1.807, 2.05) is 6.07 Å². The molecule has 2 heterocycles. The number of amides is 2. The highest BCUT2D eigenvalue weighted by Crippen LogP contribution is 2.34. The van der Waals surface area contributed by atoms with Crippen molar-refractivity contribution in [3.8, 4) is 6.07 Å². The van der Waals surface area contributed by atoms with Crippen LogP contribution in [-0.2, 0) is 13.0 Å². The van der Waals surface area contributed by atoms with Crippen LogP contribution >= 0.6 is 11.3 Å². The van der Waals surface area contributed by atoms with Crippen LogP contribution in [0.2, 0.25) is 0 Å². The molecule has 1 unspecified atom stereocenters. The molecule has 0 spiro atoms. The summed E-state index contributed by atoms with van der Waals surface area (Å²) >= 11 is 1.44. The minimum atomic E-state index is -0.509. The fraction of sp³-hybridized carbons (Fsp3) is 0.316. The van der Waals surface area contributed by atoms with E-state index in [-0.39, 0.29) is 5.91 Å². The highest BCUT2D eigenvalue weighted by molar-refractivity contribution is 7.17. The number of nitriles is 1. The Morgan fingerprint density at radius 1 is 1.31 bits per heavy atom. The zero-order chi connectivity index (χ0) is 18.8. The van der Waals surface area contributed by atoms with E-state index in [2.05, 4.69) is 19.2 Å². The molecule has 2 amide bonds. The summed E-state index contributed by atoms with van der Waals surface area (Å²) in [7, 11) is 0. The number of fused-ring (bicyclic) bond motifs is 1. The van der Waals surface area contributed by atoms with Gasteiger partial charge in [-0.1, -0.05) is 0 Å². The van der Waals surface area contributed by atoms with Crippen molar-refractivity contribution in [1.82, 2.24) is 0 Å². The molecule has 1 aromatic carbocycles. The Morgan fingerprint density at radius 3 is 2.58 bits per heavy atom. The van der Waals surface area contributed by atoms with Crippen LogP contribution in [0, 0.1) is 11.3 Å². The van der Waals surface area contributed by atoms with E-state index in [1.54, 1.807) is 24.3 Å². The van der Waals surface area contributed by atoms with Gasteiger partial charge in [-0.2, -0.15) is 5.26 Å². The molecule has 0 saturated carbocycles. The maximum absolute atomic E-state index is 12.5. The summed E-state index contributed by atoms with van der Waals surface area (Å²) in [6, 6.07) is 8.89. The molecule has 7 heteroatoms. The van der Waals surface area contributed by atoms with E-state index in [1.165, 1.54) is 16.2 Å². The average molecular weight is 369 g/mol. The van der Waals surface area contributed by atoms with Crippen LogP contribution < -0.4 is 16.0 Å². The number of benzene rings is 1. The lowest BCUT2D eigenvalue weighted by molar-refractivity contribution is -0.936. The molecule has 3 rings (SSSR count). The predicted molar refractivity (Wildman–Crippen MR) is 100 cm³/mol. The van der Waals surface area contributed by atoms with Crippen molar-refractivity contribution in [1.29, 1.82) is 5.26 Å². The number of rotatable bonds is 4. The van der Waals surface area contributed by atoms with Gasteiger partial charge in [0, 0.05) is 12.0 Å². The summed E-state index contributed by atoms with van der Waals surface area (Å²) in [5.74, 6) is -0.825. The second-order valence-electron chi connectivity index (χ2n) is 6.71. The van der Waals surface area contributed by atoms with Crippen LogP contribution in [0.4, 0.5) is 5.00 Å². The predicted octanol–water partition coefficient (Wildman–Crippen LogP) is 1.32. The van der Waals surface area contributed by atoms with Crippen molar-refractivity contribution in [2.45, 2.75) is 32.9 Å². The number of nitrogens with two attached hydrogens (primary N) is 1. The van der Waals surface area contributed by atoms with Gasteiger partial charge in [0.15, 0.2) is 0 Å². The standard InChI is InChI=1S/C19H20N4O2S/c1-11(2)23-8-7-14-15(10-23)26-19(16(14)17(21)24)22-18(25)13-5-3-12(9-20)4-6-13/h3-6,11H,7-8,10H2,1-2H3,(H2,21,24)(H,22,25)/p+1. The normalized spacial score (nSPS) is 16.0. The fourth-order valence-electron chi connectivity index (χ4n) is 3.21. The SMILES string of the molecule is CC(C)[NH+]1CCc2c(sc(NC(=O)c3ccc(C#N)cc3)c2C(N)=O)C1. The molecule has 0 saturated heterocycles. The second-order valence-corrected chi connectivity index (χ2v) is 7.81. The van der Waals surface area contributed by atoms with E-state index >= 15 is 0 Å². The maximum atomic E-state index is 12.5. The minimum absolute atomic E-state index is 0.316. The molecule has 0 bridgehead atoms. The Morgan fingerprint density at radius 2 is 2.00 bits per heavy atom. The van der Waals surface area contributed by atoms with Gasteiger partial charge in [0.2, 0.25) is 0 Å². The topological polar surface area (TPSA) is 100 Å². The van der Waals surface area contributed by atoms with Crippen LogP contribution in [0.1, 0.15) is 50.6 Å². The highest BCUT2D eigenvalue weighted by atomic mass is 32.1. The van der Waals surface area contributed by atoms with Gasteiger partial charge < -0.3 is 16.0 Å². The third-order valence-electron chi connectivity index (χ3n) is 4.74. The van der Waals surface area contributed by atoms with Crippen molar-refractivity contribution in [2.75, 3.05) is 11.9 Å². The van der Waals surface area contributed by atoms with Gasteiger partial charge in [0.05, 0.1) is 34.7 Å². The van der Waals surface area contributed by atoms with Crippen molar-refractivity contribution < 1.29 is 14.5 Å². The number of carbonyl (C=O) groups excluding carboxylic acids is 2. The smallest absolute Gasteiger partial charge is 0.256 e. The van der Waals surface area contributed by atoms with Gasteiger partial charge in [0.25, 0.3) is 11.8 Å². The maximum Gasteiger partial charge on any atom is 0.256 e. The lowest BCUT2D eigenvalue weighted by Crippen LogP contribution is -3.14. The van der Waals surface area contributed by atoms with E-state index in [9.17, 15) is 9.59 Å². The summed E-state index contributed by atoms with van der Waals surface area (Å²) < 4.78 is 0. The number of hydrogen-bond acceptors (Lipinski definition) is 4. The quantitative estimate of drug-likeness (QED) is 0.758. The molecule has 0 fully saturated rings. The highest BCUT2D eigenvalue weighted by Gasteiger charge is 2.30. The number of quaternary nitrogens is 1. The van der Waals surface area contributed by atoms with Crippen molar-refractivity contribution in [3.05, 3.63) is 51.4 Å². The Hall–Kier alpha value is -2.69. The molecule has 2 aromatic rings. The van der Waals surface area contributed by atoms with Gasteiger partial charge >= 0.3 is 0 Å². The number of nitrogens with zero attached hydrogens (tertiary/aromatic N) is 1. The first kappa shape index (κ1) is 18.1. The number of hydrogen-bond donors (Lipinski definition) is 3. The van der Waals surface area contributed by atoms with E-state index in [0.29, 0.717) is 27.7 Å². The molecule has 134 valence electrons. The summed E-state index contributed by atoms with van der Waals surface area (Å²) in [5, 5.41) is 12.2. The number of carbonyl (C=O) groups is 2. The average Bonchev–Trinajstić information content (AvgIpc) is 2.98. The van der Waals surface area contributed by atoms with Gasteiger partial charge in [0.1, 0.15) is 11.5 Å². The Kier molecular flexibility index (Phi) is 5.07. The molecule has 1 atom stereocenters. The molecular formula is C19H21N4O2S+. The van der Waals surface area contributed by atoms with Crippen LogP contribution in [0.3, 0.4) is 0 Å². The van der Waals surface area contributed by atoms with Crippen LogP contribution in [-0.4, -0.2) is 24.4 Å². The molecule has 6 nitrogen and oxygen atoms in total. The van der Waals surface area contributed by atoms with Crippen molar-refractivity contribution in [2.24, 2.45) is 5.73 Å². The van der Waals surface area contributed by atoms with Gasteiger partial charge in [-0.15, -0.1) is 11.3 Å². The third kappa shape index (κ3) is 3.47. The van der Waals surface area contributed by atoms with E-state index in [0.717, 1.165) is 30.0 Å². The summed E-state index contributed by atoms with van der Waals surface area (Å²) in [5.41, 5.74) is 7.94. The van der Waals surface area contributed by atoms with Gasteiger partial charge in [-0.25, -0.2) is 0 Å². The van der Waals surface area contributed by atoms with Crippen LogP contribution in [0.15, 0.2) is 24.3 Å². The minimum Gasteiger partial charge on any atom is -0.365 e.